The van der Waals surface area contributed by atoms with Crippen molar-refractivity contribution in [2.24, 2.45) is 17.8 Å². The van der Waals surface area contributed by atoms with Crippen molar-refractivity contribution in [1.29, 1.82) is 0 Å². The van der Waals surface area contributed by atoms with E-state index >= 15 is 0 Å². The molecule has 2 heterocycles. The van der Waals surface area contributed by atoms with Crippen molar-refractivity contribution in [3.63, 3.8) is 0 Å². The number of hydrogen-bond acceptors (Lipinski definition) is 6. The van der Waals surface area contributed by atoms with Gasteiger partial charge in [-0.2, -0.15) is 13.2 Å². The van der Waals surface area contributed by atoms with Crippen molar-refractivity contribution in [3.8, 4) is 5.75 Å². The number of rotatable bonds is 14. The Kier molecular flexibility index (Phi) is 11.7. The fourth-order valence-electron chi connectivity index (χ4n) is 7.00. The molecule has 0 radical (unpaired) electrons. The minimum absolute atomic E-state index is 0.0302. The van der Waals surface area contributed by atoms with Crippen LogP contribution in [0.3, 0.4) is 0 Å². The number of carboxylic acids is 1. The molecule has 6 atom stereocenters. The molecule has 2 aliphatic heterocycles. The van der Waals surface area contributed by atoms with E-state index in [1.165, 1.54) is 17.7 Å². The van der Waals surface area contributed by atoms with Gasteiger partial charge in [-0.25, -0.2) is 0 Å². The number of carboxylic acid groups (broad SMARTS) is 1. The number of carbonyl (C=O) groups is 1. The molecule has 1 saturated carbocycles. The number of halogens is 3. The number of fused-ring (bicyclic) bond motifs is 1. The van der Waals surface area contributed by atoms with Crippen LogP contribution in [-0.2, 0) is 29.9 Å². The second kappa shape index (κ2) is 15.6. The van der Waals surface area contributed by atoms with E-state index in [9.17, 15) is 18.0 Å². The van der Waals surface area contributed by atoms with Crippen molar-refractivity contribution in [2.45, 2.75) is 108 Å². The highest BCUT2D eigenvalue weighted by molar-refractivity contribution is 5.66. The molecule has 3 fully saturated rings. The summed E-state index contributed by atoms with van der Waals surface area (Å²) < 4.78 is 70.4. The van der Waals surface area contributed by atoms with Gasteiger partial charge in [-0.3, -0.25) is 4.79 Å². The molecular weight excluding hydrogens is 577 g/mol. The minimum Gasteiger partial charge on any atom is -0.493 e. The predicted molar refractivity (Wildman–Crippen MR) is 157 cm³/mol. The molecule has 0 amide bonds. The third-order valence-electron chi connectivity index (χ3n) is 9.09. The number of allylic oxidation sites excluding steroid dienone is 2. The summed E-state index contributed by atoms with van der Waals surface area (Å²) in [6.45, 7) is 1.54. The first-order chi connectivity index (χ1) is 21.3. The topological polar surface area (TPSA) is 83.5 Å². The quantitative estimate of drug-likeness (QED) is 0.128. The van der Waals surface area contributed by atoms with Crippen molar-refractivity contribution in [3.05, 3.63) is 53.3 Å². The summed E-state index contributed by atoms with van der Waals surface area (Å²) in [5.41, 5.74) is 0.627. The van der Waals surface area contributed by atoms with Gasteiger partial charge in [0.25, 0.3) is 0 Å². The second-order valence-electron chi connectivity index (χ2n) is 12.4. The van der Waals surface area contributed by atoms with Crippen molar-refractivity contribution in [2.75, 3.05) is 19.8 Å². The average molecular weight is 623 g/mol. The molecule has 7 nitrogen and oxygen atoms in total. The van der Waals surface area contributed by atoms with E-state index in [1.807, 2.05) is 6.08 Å². The van der Waals surface area contributed by atoms with Crippen LogP contribution in [0.15, 0.2) is 47.7 Å². The van der Waals surface area contributed by atoms with E-state index in [4.69, 9.17) is 28.8 Å². The Balaban J connectivity index is 1.31. The molecular formula is C34H45F3O7. The fourth-order valence-corrected chi connectivity index (χ4v) is 7.00. The Labute approximate surface area is 257 Å². The molecule has 44 heavy (non-hydrogen) atoms. The van der Waals surface area contributed by atoms with Gasteiger partial charge in [0.2, 0.25) is 0 Å². The lowest BCUT2D eigenvalue weighted by Gasteiger charge is -2.34. The first-order valence-electron chi connectivity index (χ1n) is 16.2. The summed E-state index contributed by atoms with van der Waals surface area (Å²) in [7, 11) is 0. The lowest BCUT2D eigenvalue weighted by atomic mass is 9.87. The van der Waals surface area contributed by atoms with E-state index in [0.717, 1.165) is 82.1 Å². The largest absolute Gasteiger partial charge is 0.493 e. The molecule has 2 aliphatic carbocycles. The summed E-state index contributed by atoms with van der Waals surface area (Å²) in [6.07, 6.45) is 9.82. The molecule has 1 aromatic rings. The van der Waals surface area contributed by atoms with Gasteiger partial charge in [-0.05, 0) is 100 Å². The number of unbranched alkanes of at least 4 members (excludes halogenated alkanes) is 1. The van der Waals surface area contributed by atoms with Crippen molar-refractivity contribution in [1.82, 2.24) is 0 Å². The fraction of sp³-hybridized carbons (Fsp3) is 0.676. The molecule has 1 aromatic carbocycles. The molecule has 5 rings (SSSR count). The number of ether oxygens (including phenoxy) is 5. The molecule has 0 spiro atoms. The smallest absolute Gasteiger partial charge is 0.416 e. The Morgan fingerprint density at radius 3 is 2.52 bits per heavy atom. The van der Waals surface area contributed by atoms with E-state index in [0.29, 0.717) is 32.0 Å². The first-order valence-corrected chi connectivity index (χ1v) is 16.2. The lowest BCUT2D eigenvalue weighted by Crippen LogP contribution is -2.34. The van der Waals surface area contributed by atoms with Crippen LogP contribution in [0.4, 0.5) is 13.2 Å². The third-order valence-corrected chi connectivity index (χ3v) is 9.09. The molecule has 10 heteroatoms. The van der Waals surface area contributed by atoms with Crippen LogP contribution in [0, 0.1) is 17.8 Å². The average Bonchev–Trinajstić information content (AvgIpc) is 3.54. The molecule has 4 aliphatic rings. The number of benzene rings is 1. The Morgan fingerprint density at radius 2 is 1.82 bits per heavy atom. The highest BCUT2D eigenvalue weighted by Crippen LogP contribution is 2.52. The van der Waals surface area contributed by atoms with E-state index < -0.39 is 17.7 Å². The van der Waals surface area contributed by atoms with Crippen LogP contribution in [-0.4, -0.2) is 49.6 Å². The van der Waals surface area contributed by atoms with E-state index in [1.54, 1.807) is 0 Å². The first kappa shape index (κ1) is 32.8. The zero-order valence-electron chi connectivity index (χ0n) is 25.3. The highest BCUT2D eigenvalue weighted by atomic mass is 19.4. The number of hydrogen-bond donors (Lipinski definition) is 1. The van der Waals surface area contributed by atoms with Gasteiger partial charge < -0.3 is 28.8 Å². The van der Waals surface area contributed by atoms with Crippen LogP contribution in [0.5, 0.6) is 5.75 Å². The van der Waals surface area contributed by atoms with Gasteiger partial charge in [-0.15, -0.1) is 0 Å². The van der Waals surface area contributed by atoms with Gasteiger partial charge in [0.15, 0.2) is 12.6 Å². The summed E-state index contributed by atoms with van der Waals surface area (Å²) in [5.74, 6) is 0.785. The van der Waals surface area contributed by atoms with Crippen LogP contribution >= 0.6 is 0 Å². The number of aliphatic carboxylic acids is 1. The molecule has 0 bridgehead atoms. The zero-order valence-corrected chi connectivity index (χ0v) is 25.3. The van der Waals surface area contributed by atoms with E-state index in [-0.39, 0.29) is 49.3 Å². The standard InChI is InChI=1S/C34H45F3O7/c35-34(36,37)25-10-7-11-26(22-25)40-18-8-12-28(43-31-14-3-5-16-41-31)33-27-20-23(9-1-2-13-30(38)39)19-24(27)21-29(33)44-32-15-4-6-17-42-32/h7,10-12,19,22,24,27,29,31-33H,1-6,8-9,13-18,20-21H2,(H,38,39)/t24-,27-,29+,31?,32?,33+/m1/s1. The van der Waals surface area contributed by atoms with E-state index in [2.05, 4.69) is 6.08 Å². The molecule has 1 N–H and O–H groups in total. The van der Waals surface area contributed by atoms with Gasteiger partial charge in [0.05, 0.1) is 24.9 Å². The zero-order chi connectivity index (χ0) is 30.9. The Morgan fingerprint density at radius 1 is 1.05 bits per heavy atom. The summed E-state index contributed by atoms with van der Waals surface area (Å²) in [6, 6.07) is 4.94. The van der Waals surface area contributed by atoms with Gasteiger partial charge in [0.1, 0.15) is 11.5 Å². The normalized spacial score (nSPS) is 29.2. The van der Waals surface area contributed by atoms with Crippen molar-refractivity contribution < 1.29 is 46.8 Å². The lowest BCUT2D eigenvalue weighted by molar-refractivity contribution is -0.201. The Bertz CT molecular complexity index is 1140. The van der Waals surface area contributed by atoms with Crippen LogP contribution in [0.1, 0.15) is 89.0 Å². The molecule has 2 unspecified atom stereocenters. The van der Waals surface area contributed by atoms with Crippen LogP contribution in [0.2, 0.25) is 0 Å². The molecule has 244 valence electrons. The summed E-state index contributed by atoms with van der Waals surface area (Å²) >= 11 is 0. The van der Waals surface area contributed by atoms with Crippen LogP contribution < -0.4 is 4.74 Å². The SMILES string of the molecule is O=C(O)CCCCC1=C[C@@H]2C[C@H](OC3CCCCO3)[C@H](C(=CCCOc3cccc(C(F)(F)F)c3)OC3CCCCO3)[C@@H]2C1. The molecule has 2 saturated heterocycles. The second-order valence-corrected chi connectivity index (χ2v) is 12.4. The van der Waals surface area contributed by atoms with Gasteiger partial charge in [-0.1, -0.05) is 17.7 Å². The third kappa shape index (κ3) is 9.23. The maximum atomic E-state index is 13.2. The molecule has 0 aromatic heterocycles. The predicted octanol–water partition coefficient (Wildman–Crippen LogP) is 8.04. The maximum Gasteiger partial charge on any atom is 0.416 e. The van der Waals surface area contributed by atoms with Gasteiger partial charge >= 0.3 is 12.1 Å². The summed E-state index contributed by atoms with van der Waals surface area (Å²) in [4.78, 5) is 11.0. The monoisotopic (exact) mass is 622 g/mol. The maximum absolute atomic E-state index is 13.2. The highest BCUT2D eigenvalue weighted by Gasteiger charge is 2.49. The minimum atomic E-state index is -4.43. The summed E-state index contributed by atoms with van der Waals surface area (Å²) in [5, 5.41) is 9.01. The van der Waals surface area contributed by atoms with Gasteiger partial charge in [0, 0.05) is 31.8 Å². The van der Waals surface area contributed by atoms with Crippen LogP contribution in [0.25, 0.3) is 0 Å². The Hall–Kier alpha value is -2.56. The number of alkyl halides is 3. The van der Waals surface area contributed by atoms with Crippen molar-refractivity contribution >= 4 is 5.97 Å².